The molecule has 3 rings (SSSR count). The van der Waals surface area contributed by atoms with Crippen LogP contribution in [0.25, 0.3) is 0 Å². The molecule has 5 nitrogen and oxygen atoms in total. The summed E-state index contributed by atoms with van der Waals surface area (Å²) < 4.78 is 0. The number of carbonyl (C=O) groups is 2. The number of nitrogens with one attached hydrogen (secondary N) is 1. The zero-order chi connectivity index (χ0) is 19.2. The molecule has 2 aromatic rings. The average Bonchev–Trinajstić information content (AvgIpc) is 2.68. The molecule has 0 unspecified atom stereocenters. The van der Waals surface area contributed by atoms with Gasteiger partial charge in [-0.3, -0.25) is 14.5 Å². The lowest BCUT2D eigenvalue weighted by atomic mass is 10.1. The van der Waals surface area contributed by atoms with Crippen LogP contribution in [-0.2, 0) is 11.2 Å². The van der Waals surface area contributed by atoms with E-state index in [1.807, 2.05) is 29.2 Å². The number of benzene rings is 2. The molecule has 142 valence electrons. The number of carbonyl (C=O) groups excluding carboxylic acids is 2. The van der Waals surface area contributed by atoms with Gasteiger partial charge in [0, 0.05) is 42.5 Å². The van der Waals surface area contributed by atoms with Gasteiger partial charge in [0.15, 0.2) is 0 Å². The first-order chi connectivity index (χ1) is 13.1. The summed E-state index contributed by atoms with van der Waals surface area (Å²) in [6, 6.07) is 14.9. The minimum Gasteiger partial charge on any atom is -0.336 e. The number of piperazine rings is 1. The molecule has 1 fully saturated rings. The van der Waals surface area contributed by atoms with Crippen LogP contribution in [0.1, 0.15) is 22.8 Å². The number of rotatable bonds is 5. The second-order valence-electron chi connectivity index (χ2n) is 6.64. The molecule has 2 aromatic carbocycles. The van der Waals surface area contributed by atoms with Gasteiger partial charge in [-0.15, -0.1) is 0 Å². The van der Waals surface area contributed by atoms with Crippen LogP contribution in [0.3, 0.4) is 0 Å². The van der Waals surface area contributed by atoms with Crippen LogP contribution < -0.4 is 5.32 Å². The van der Waals surface area contributed by atoms with Crippen molar-refractivity contribution in [3.8, 4) is 0 Å². The van der Waals surface area contributed by atoms with E-state index < -0.39 is 0 Å². The Bertz CT molecular complexity index is 817. The van der Waals surface area contributed by atoms with Gasteiger partial charge in [0.05, 0.1) is 6.54 Å². The molecular weight excluding hydrogens is 362 g/mol. The van der Waals surface area contributed by atoms with Gasteiger partial charge in [-0.05, 0) is 36.2 Å². The summed E-state index contributed by atoms with van der Waals surface area (Å²) >= 11 is 5.97. The number of aryl methyl sites for hydroxylation is 1. The molecule has 27 heavy (non-hydrogen) atoms. The Kier molecular flexibility index (Phi) is 6.48. The first kappa shape index (κ1) is 19.4. The number of halogens is 1. The lowest BCUT2D eigenvalue weighted by molar-refractivity contribution is -0.117. The Labute approximate surface area is 164 Å². The SMILES string of the molecule is CCc1ccccc1NC(=O)CN1CCN(C(=O)c2cccc(Cl)c2)CC1. The van der Waals surface area contributed by atoms with Crippen LogP contribution in [0.2, 0.25) is 5.02 Å². The Balaban J connectivity index is 1.50. The second-order valence-corrected chi connectivity index (χ2v) is 7.07. The van der Waals surface area contributed by atoms with Gasteiger partial charge < -0.3 is 10.2 Å². The van der Waals surface area contributed by atoms with E-state index in [0.29, 0.717) is 43.3 Å². The van der Waals surface area contributed by atoms with Gasteiger partial charge in [-0.25, -0.2) is 0 Å². The predicted octanol–water partition coefficient (Wildman–Crippen LogP) is 3.30. The summed E-state index contributed by atoms with van der Waals surface area (Å²) in [5, 5.41) is 3.56. The second kappa shape index (κ2) is 9.02. The van der Waals surface area contributed by atoms with Crippen molar-refractivity contribution in [1.82, 2.24) is 9.80 Å². The van der Waals surface area contributed by atoms with Gasteiger partial charge in [-0.2, -0.15) is 0 Å². The Morgan fingerprint density at radius 1 is 1.04 bits per heavy atom. The van der Waals surface area contributed by atoms with Crippen LogP contribution >= 0.6 is 11.6 Å². The highest BCUT2D eigenvalue weighted by atomic mass is 35.5. The molecule has 1 heterocycles. The summed E-state index contributed by atoms with van der Waals surface area (Å²) in [5.74, 6) is -0.0380. The van der Waals surface area contributed by atoms with Gasteiger partial charge in [0.2, 0.25) is 5.91 Å². The third-order valence-electron chi connectivity index (χ3n) is 4.77. The highest BCUT2D eigenvalue weighted by Crippen LogP contribution is 2.16. The third-order valence-corrected chi connectivity index (χ3v) is 5.01. The maximum atomic E-state index is 12.6. The lowest BCUT2D eigenvalue weighted by Crippen LogP contribution is -2.50. The molecule has 1 saturated heterocycles. The summed E-state index contributed by atoms with van der Waals surface area (Å²) in [7, 11) is 0. The average molecular weight is 386 g/mol. The van der Waals surface area contributed by atoms with Crippen molar-refractivity contribution in [2.24, 2.45) is 0 Å². The third kappa shape index (κ3) is 5.08. The Hall–Kier alpha value is -2.37. The fourth-order valence-corrected chi connectivity index (χ4v) is 3.45. The highest BCUT2D eigenvalue weighted by Gasteiger charge is 2.23. The van der Waals surface area contributed by atoms with E-state index in [-0.39, 0.29) is 11.8 Å². The Morgan fingerprint density at radius 2 is 1.78 bits per heavy atom. The van der Waals surface area contributed by atoms with Gasteiger partial charge in [0.25, 0.3) is 5.91 Å². The maximum Gasteiger partial charge on any atom is 0.253 e. The van der Waals surface area contributed by atoms with Gasteiger partial charge in [-0.1, -0.05) is 42.8 Å². The molecule has 0 atom stereocenters. The molecule has 0 aliphatic carbocycles. The monoisotopic (exact) mass is 385 g/mol. The Morgan fingerprint density at radius 3 is 2.48 bits per heavy atom. The molecule has 0 bridgehead atoms. The minimum absolute atomic E-state index is 0.0153. The number of nitrogens with zero attached hydrogens (tertiary/aromatic N) is 2. The zero-order valence-corrected chi connectivity index (χ0v) is 16.2. The molecule has 1 N–H and O–H groups in total. The number of hydrogen-bond acceptors (Lipinski definition) is 3. The predicted molar refractivity (Wildman–Crippen MR) is 108 cm³/mol. The summed E-state index contributed by atoms with van der Waals surface area (Å²) in [5.41, 5.74) is 2.60. The summed E-state index contributed by atoms with van der Waals surface area (Å²) in [6.07, 6.45) is 0.876. The van der Waals surface area contributed by atoms with E-state index >= 15 is 0 Å². The molecule has 0 saturated carbocycles. The standard InChI is InChI=1S/C21H24ClN3O2/c1-2-16-6-3-4-9-19(16)23-20(26)15-24-10-12-25(13-11-24)21(27)17-7-5-8-18(22)14-17/h3-9,14H,2,10-13,15H2,1H3,(H,23,26). The van der Waals surface area contributed by atoms with Crippen molar-refractivity contribution in [3.05, 3.63) is 64.7 Å². The van der Waals surface area contributed by atoms with Crippen molar-refractivity contribution in [3.63, 3.8) is 0 Å². The van der Waals surface area contributed by atoms with Crippen LogP contribution in [0.15, 0.2) is 48.5 Å². The van der Waals surface area contributed by atoms with Crippen LogP contribution in [-0.4, -0.2) is 54.3 Å². The molecule has 0 spiro atoms. The summed E-state index contributed by atoms with van der Waals surface area (Å²) in [6.45, 7) is 4.96. The smallest absolute Gasteiger partial charge is 0.253 e. The number of anilines is 1. The number of hydrogen-bond donors (Lipinski definition) is 1. The number of amides is 2. The fraction of sp³-hybridized carbons (Fsp3) is 0.333. The fourth-order valence-electron chi connectivity index (χ4n) is 3.26. The van der Waals surface area contributed by atoms with Gasteiger partial charge >= 0.3 is 0 Å². The van der Waals surface area contributed by atoms with E-state index in [1.165, 1.54) is 0 Å². The van der Waals surface area contributed by atoms with Crippen molar-refractivity contribution < 1.29 is 9.59 Å². The largest absolute Gasteiger partial charge is 0.336 e. The lowest BCUT2D eigenvalue weighted by Gasteiger charge is -2.34. The van der Waals surface area contributed by atoms with Crippen LogP contribution in [0, 0.1) is 0 Å². The zero-order valence-electron chi connectivity index (χ0n) is 15.5. The first-order valence-electron chi connectivity index (χ1n) is 9.21. The number of para-hydroxylation sites is 1. The van der Waals surface area contributed by atoms with E-state index in [4.69, 9.17) is 11.6 Å². The molecular formula is C21H24ClN3O2. The highest BCUT2D eigenvalue weighted by molar-refractivity contribution is 6.30. The minimum atomic E-state index is -0.0227. The van der Waals surface area contributed by atoms with Crippen molar-refractivity contribution in [1.29, 1.82) is 0 Å². The summed E-state index contributed by atoms with van der Waals surface area (Å²) in [4.78, 5) is 28.8. The van der Waals surface area contributed by atoms with Gasteiger partial charge in [0.1, 0.15) is 0 Å². The maximum absolute atomic E-state index is 12.6. The van der Waals surface area contributed by atoms with Crippen molar-refractivity contribution in [2.75, 3.05) is 38.0 Å². The quantitative estimate of drug-likeness (QED) is 0.859. The van der Waals surface area contributed by atoms with Crippen molar-refractivity contribution >= 4 is 29.1 Å². The molecule has 2 amide bonds. The normalized spacial score (nSPS) is 14.8. The van der Waals surface area contributed by atoms with E-state index in [2.05, 4.69) is 17.1 Å². The van der Waals surface area contributed by atoms with E-state index in [9.17, 15) is 9.59 Å². The molecule has 0 radical (unpaired) electrons. The molecule has 0 aromatic heterocycles. The molecule has 6 heteroatoms. The topological polar surface area (TPSA) is 52.7 Å². The van der Waals surface area contributed by atoms with E-state index in [0.717, 1.165) is 17.7 Å². The first-order valence-corrected chi connectivity index (χ1v) is 9.59. The molecule has 1 aliphatic rings. The van der Waals surface area contributed by atoms with Crippen LogP contribution in [0.5, 0.6) is 0 Å². The van der Waals surface area contributed by atoms with Crippen molar-refractivity contribution in [2.45, 2.75) is 13.3 Å². The molecule has 1 aliphatic heterocycles. The van der Waals surface area contributed by atoms with E-state index in [1.54, 1.807) is 24.3 Å². The van der Waals surface area contributed by atoms with Crippen LogP contribution in [0.4, 0.5) is 5.69 Å².